The van der Waals surface area contributed by atoms with Crippen molar-refractivity contribution in [3.8, 4) is 11.4 Å². The van der Waals surface area contributed by atoms with E-state index in [1.807, 2.05) is 29.7 Å². The van der Waals surface area contributed by atoms with Gasteiger partial charge in [-0.25, -0.2) is 4.39 Å². The highest BCUT2D eigenvalue weighted by Gasteiger charge is 2.10. The third kappa shape index (κ3) is 2.10. The van der Waals surface area contributed by atoms with Crippen LogP contribution in [-0.4, -0.2) is 16.2 Å². The van der Waals surface area contributed by atoms with Gasteiger partial charge >= 0.3 is 0 Å². The number of aromatic amines is 1. The van der Waals surface area contributed by atoms with Gasteiger partial charge in [-0.15, -0.1) is 0 Å². The van der Waals surface area contributed by atoms with Crippen LogP contribution in [-0.2, 0) is 0 Å². The highest BCUT2D eigenvalue weighted by atomic mass is 32.1. The number of aromatic nitrogens is 2. The molecule has 0 saturated heterocycles. The fraction of sp³-hybridized carbons (Fsp3) is 0.133. The molecule has 0 fully saturated rings. The van der Waals surface area contributed by atoms with Crippen molar-refractivity contribution in [1.82, 2.24) is 9.55 Å². The van der Waals surface area contributed by atoms with Crippen molar-refractivity contribution in [2.45, 2.75) is 6.92 Å². The van der Waals surface area contributed by atoms with E-state index in [-0.39, 0.29) is 5.82 Å². The predicted octanol–water partition coefficient (Wildman–Crippen LogP) is 4.23. The van der Waals surface area contributed by atoms with E-state index >= 15 is 0 Å². The van der Waals surface area contributed by atoms with E-state index in [2.05, 4.69) is 4.98 Å². The molecule has 0 aliphatic carbocycles. The van der Waals surface area contributed by atoms with Crippen LogP contribution in [0.1, 0.15) is 6.92 Å². The molecule has 0 aliphatic rings. The summed E-state index contributed by atoms with van der Waals surface area (Å²) in [7, 11) is 0. The Morgan fingerprint density at radius 2 is 1.95 bits per heavy atom. The van der Waals surface area contributed by atoms with Crippen molar-refractivity contribution in [2.24, 2.45) is 0 Å². The van der Waals surface area contributed by atoms with Gasteiger partial charge in [0.25, 0.3) is 0 Å². The van der Waals surface area contributed by atoms with Gasteiger partial charge in [0.15, 0.2) is 4.77 Å². The van der Waals surface area contributed by atoms with E-state index in [1.54, 1.807) is 12.1 Å². The number of imidazole rings is 1. The van der Waals surface area contributed by atoms with Crippen molar-refractivity contribution >= 4 is 23.3 Å². The van der Waals surface area contributed by atoms with E-state index in [1.165, 1.54) is 12.1 Å². The van der Waals surface area contributed by atoms with Crippen LogP contribution in [0.25, 0.3) is 16.7 Å². The molecule has 3 aromatic rings. The number of hydrogen-bond donors (Lipinski definition) is 1. The quantitative estimate of drug-likeness (QED) is 0.731. The van der Waals surface area contributed by atoms with Crippen LogP contribution in [0.5, 0.6) is 5.75 Å². The number of para-hydroxylation sites is 1. The summed E-state index contributed by atoms with van der Waals surface area (Å²) in [5.74, 6) is 0.493. The Bertz CT molecular complexity index is 805. The summed E-state index contributed by atoms with van der Waals surface area (Å²) in [5.41, 5.74) is 2.58. The minimum atomic E-state index is -0.268. The largest absolute Gasteiger partial charge is 0.492 e. The number of rotatable bonds is 3. The molecule has 0 amide bonds. The summed E-state index contributed by atoms with van der Waals surface area (Å²) in [6.45, 7) is 2.52. The Morgan fingerprint density at radius 1 is 1.20 bits per heavy atom. The standard InChI is InChI=1S/C15H13FN2OS/c1-2-19-13-5-3-4-12-14(13)17-15(20)18(12)11-8-6-10(16)7-9-11/h3-9H,2H2,1H3,(H,17,20). The molecule has 20 heavy (non-hydrogen) atoms. The van der Waals surface area contributed by atoms with Gasteiger partial charge in [0.1, 0.15) is 17.1 Å². The molecule has 1 heterocycles. The Morgan fingerprint density at radius 3 is 2.65 bits per heavy atom. The SMILES string of the molecule is CCOc1cccc2c1[nH]c(=S)n2-c1ccc(F)cc1. The molecule has 1 aromatic heterocycles. The fourth-order valence-electron chi connectivity index (χ4n) is 2.23. The lowest BCUT2D eigenvalue weighted by molar-refractivity contribution is 0.343. The van der Waals surface area contributed by atoms with Gasteiger partial charge in [-0.3, -0.25) is 4.57 Å². The van der Waals surface area contributed by atoms with Gasteiger partial charge in [-0.05, 0) is 55.5 Å². The second-order valence-electron chi connectivity index (χ2n) is 4.33. The molecule has 0 radical (unpaired) electrons. The first kappa shape index (κ1) is 12.9. The molecule has 0 bridgehead atoms. The smallest absolute Gasteiger partial charge is 0.182 e. The van der Waals surface area contributed by atoms with Crippen molar-refractivity contribution in [3.05, 3.63) is 53.1 Å². The molecule has 102 valence electrons. The van der Waals surface area contributed by atoms with Crippen LogP contribution < -0.4 is 4.74 Å². The van der Waals surface area contributed by atoms with Crippen LogP contribution in [0, 0.1) is 10.6 Å². The summed E-state index contributed by atoms with van der Waals surface area (Å²) in [6, 6.07) is 12.0. The molecule has 2 aromatic carbocycles. The van der Waals surface area contributed by atoms with Crippen LogP contribution >= 0.6 is 12.2 Å². The third-order valence-corrected chi connectivity index (χ3v) is 3.35. The summed E-state index contributed by atoms with van der Waals surface area (Å²) in [6.07, 6.45) is 0. The second kappa shape index (κ2) is 5.09. The van der Waals surface area contributed by atoms with Crippen LogP contribution in [0.2, 0.25) is 0 Å². The van der Waals surface area contributed by atoms with E-state index < -0.39 is 0 Å². The second-order valence-corrected chi connectivity index (χ2v) is 4.71. The van der Waals surface area contributed by atoms with Gasteiger partial charge < -0.3 is 9.72 Å². The number of H-pyrrole nitrogens is 1. The zero-order chi connectivity index (χ0) is 14.1. The van der Waals surface area contributed by atoms with Crippen molar-refractivity contribution < 1.29 is 9.13 Å². The molecule has 1 N–H and O–H groups in total. The van der Waals surface area contributed by atoms with Crippen LogP contribution in [0.3, 0.4) is 0 Å². The molecule has 0 aliphatic heterocycles. The van der Waals surface area contributed by atoms with Crippen molar-refractivity contribution in [1.29, 1.82) is 0 Å². The molecule has 3 rings (SSSR count). The Hall–Kier alpha value is -2.14. The Balaban J connectivity index is 2.26. The first-order valence-electron chi connectivity index (χ1n) is 6.33. The monoisotopic (exact) mass is 288 g/mol. The van der Waals surface area contributed by atoms with Crippen LogP contribution in [0.15, 0.2) is 42.5 Å². The average Bonchev–Trinajstić information content (AvgIpc) is 2.78. The van der Waals surface area contributed by atoms with Gasteiger partial charge in [0, 0.05) is 5.69 Å². The normalized spacial score (nSPS) is 10.9. The molecule has 3 nitrogen and oxygen atoms in total. The van der Waals surface area contributed by atoms with Gasteiger partial charge in [0.2, 0.25) is 0 Å². The van der Waals surface area contributed by atoms with Crippen molar-refractivity contribution in [3.63, 3.8) is 0 Å². The van der Waals surface area contributed by atoms with Gasteiger partial charge in [0.05, 0.1) is 12.1 Å². The molecule has 0 unspecified atom stereocenters. The highest BCUT2D eigenvalue weighted by molar-refractivity contribution is 7.71. The van der Waals surface area contributed by atoms with Gasteiger partial charge in [-0.1, -0.05) is 6.07 Å². The molecular weight excluding hydrogens is 275 g/mol. The molecule has 0 spiro atoms. The fourth-order valence-corrected chi connectivity index (χ4v) is 2.53. The number of benzene rings is 2. The lowest BCUT2D eigenvalue weighted by Crippen LogP contribution is -1.95. The summed E-state index contributed by atoms with van der Waals surface area (Å²) >= 11 is 5.37. The van der Waals surface area contributed by atoms with Crippen molar-refractivity contribution in [2.75, 3.05) is 6.61 Å². The molecule has 0 saturated carbocycles. The van der Waals surface area contributed by atoms with Gasteiger partial charge in [-0.2, -0.15) is 0 Å². The zero-order valence-corrected chi connectivity index (χ0v) is 11.7. The lowest BCUT2D eigenvalue weighted by atomic mass is 10.2. The van der Waals surface area contributed by atoms with E-state index in [4.69, 9.17) is 17.0 Å². The highest BCUT2D eigenvalue weighted by Crippen LogP contribution is 2.27. The minimum Gasteiger partial charge on any atom is -0.492 e. The number of ether oxygens (including phenoxy) is 1. The zero-order valence-electron chi connectivity index (χ0n) is 10.9. The summed E-state index contributed by atoms with van der Waals surface area (Å²) < 4.78 is 21.1. The number of fused-ring (bicyclic) bond motifs is 1. The molecule has 5 heteroatoms. The maximum atomic E-state index is 13.0. The first-order chi connectivity index (χ1) is 9.70. The van der Waals surface area contributed by atoms with E-state index in [0.29, 0.717) is 11.4 Å². The minimum absolute atomic E-state index is 0.268. The van der Waals surface area contributed by atoms with Crippen LogP contribution in [0.4, 0.5) is 4.39 Å². The van der Waals surface area contributed by atoms with E-state index in [9.17, 15) is 4.39 Å². The average molecular weight is 288 g/mol. The topological polar surface area (TPSA) is 29.9 Å². The molecule has 0 atom stereocenters. The third-order valence-electron chi connectivity index (χ3n) is 3.06. The summed E-state index contributed by atoms with van der Waals surface area (Å²) in [4.78, 5) is 3.15. The number of nitrogens with zero attached hydrogens (tertiary/aromatic N) is 1. The lowest BCUT2D eigenvalue weighted by Gasteiger charge is -2.06. The maximum Gasteiger partial charge on any atom is 0.182 e. The summed E-state index contributed by atoms with van der Waals surface area (Å²) in [5, 5.41) is 0. The maximum absolute atomic E-state index is 13.0. The Kier molecular flexibility index (Phi) is 3.28. The number of halogens is 1. The van der Waals surface area contributed by atoms with E-state index in [0.717, 1.165) is 22.5 Å². The first-order valence-corrected chi connectivity index (χ1v) is 6.74. The predicted molar refractivity (Wildman–Crippen MR) is 79.6 cm³/mol. The number of hydrogen-bond acceptors (Lipinski definition) is 2. The molecular formula is C15H13FN2OS. The Labute approximate surface area is 120 Å². The number of nitrogens with one attached hydrogen (secondary N) is 1.